The number of amides is 1. The zero-order valence-electron chi connectivity index (χ0n) is 17.6. The van der Waals surface area contributed by atoms with Crippen LogP contribution < -0.4 is 5.32 Å². The van der Waals surface area contributed by atoms with Crippen molar-refractivity contribution >= 4 is 39.4 Å². The van der Waals surface area contributed by atoms with Gasteiger partial charge in [0.25, 0.3) is 5.91 Å². The number of aryl methyl sites for hydroxylation is 2. The Bertz CT molecular complexity index is 1270. The number of aromatic amines is 1. The predicted molar refractivity (Wildman–Crippen MR) is 129 cm³/mol. The number of hydrogen-bond donors (Lipinski definition) is 2. The van der Waals surface area contributed by atoms with Gasteiger partial charge >= 0.3 is 0 Å². The van der Waals surface area contributed by atoms with Crippen LogP contribution in [0, 0.1) is 6.92 Å². The van der Waals surface area contributed by atoms with Crippen molar-refractivity contribution in [3.8, 4) is 0 Å². The Morgan fingerprint density at radius 3 is 2.74 bits per heavy atom. The summed E-state index contributed by atoms with van der Waals surface area (Å²) in [6.45, 7) is 2.59. The van der Waals surface area contributed by atoms with E-state index in [4.69, 9.17) is 4.99 Å². The molecule has 31 heavy (non-hydrogen) atoms. The fourth-order valence-electron chi connectivity index (χ4n) is 4.33. The Kier molecular flexibility index (Phi) is 5.43. The average Bonchev–Trinajstić information content (AvgIpc) is 3.33. The lowest BCUT2D eigenvalue weighted by Gasteiger charge is -2.12. The van der Waals surface area contributed by atoms with Crippen molar-refractivity contribution in [1.29, 1.82) is 0 Å². The predicted octanol–water partition coefficient (Wildman–Crippen LogP) is 6.10. The molecule has 5 heteroatoms. The number of aromatic nitrogens is 1. The molecule has 0 spiro atoms. The fourth-order valence-corrected chi connectivity index (χ4v) is 5.56. The Hall–Kier alpha value is -3.18. The van der Waals surface area contributed by atoms with Gasteiger partial charge in [0.1, 0.15) is 5.00 Å². The molecule has 0 atom stereocenters. The number of nitrogens with one attached hydrogen (secondary N) is 2. The van der Waals surface area contributed by atoms with Gasteiger partial charge in [0, 0.05) is 39.8 Å². The van der Waals surface area contributed by atoms with Crippen LogP contribution in [0.1, 0.15) is 50.5 Å². The second kappa shape index (κ2) is 8.52. The third-order valence-electron chi connectivity index (χ3n) is 5.93. The highest BCUT2D eigenvalue weighted by atomic mass is 32.1. The molecule has 0 saturated heterocycles. The summed E-state index contributed by atoms with van der Waals surface area (Å²) in [5.74, 6) is -0.0222. The first-order valence-corrected chi connectivity index (χ1v) is 11.6. The molecule has 156 valence electrons. The quantitative estimate of drug-likeness (QED) is 0.372. The molecule has 2 N–H and O–H groups in total. The van der Waals surface area contributed by atoms with E-state index in [2.05, 4.69) is 29.4 Å². The smallest absolute Gasteiger partial charge is 0.254 e. The standard InChI is InChI=1S/C26H25N3OS/c1-17-21(19-11-5-7-13-22(19)29-17)16-28-26-24(20-12-6-8-14-23(20)31-26)25(30)27-15-18-9-3-2-4-10-18/h2-5,7,9-11,13,16,29H,6,8,12,14-15H2,1H3,(H,27,30)/b28-16-. The summed E-state index contributed by atoms with van der Waals surface area (Å²) in [7, 11) is 0. The molecule has 1 aliphatic rings. The molecule has 0 saturated carbocycles. The van der Waals surface area contributed by atoms with E-state index in [1.165, 1.54) is 16.9 Å². The highest BCUT2D eigenvalue weighted by Gasteiger charge is 2.25. The monoisotopic (exact) mass is 427 g/mol. The third kappa shape index (κ3) is 3.93. The topological polar surface area (TPSA) is 57.2 Å². The van der Waals surface area contributed by atoms with Crippen LogP contribution in [0.3, 0.4) is 0 Å². The van der Waals surface area contributed by atoms with Crippen molar-refractivity contribution in [2.75, 3.05) is 0 Å². The maximum Gasteiger partial charge on any atom is 0.254 e. The maximum atomic E-state index is 13.2. The molecule has 2 aromatic carbocycles. The number of thiophene rings is 1. The molecule has 4 nitrogen and oxygen atoms in total. The van der Waals surface area contributed by atoms with Crippen molar-refractivity contribution in [3.63, 3.8) is 0 Å². The molecule has 2 aromatic heterocycles. The van der Waals surface area contributed by atoms with Crippen molar-refractivity contribution in [1.82, 2.24) is 10.3 Å². The Morgan fingerprint density at radius 1 is 1.10 bits per heavy atom. The number of rotatable bonds is 5. The normalized spacial score (nSPS) is 13.6. The first-order chi connectivity index (χ1) is 15.2. The molecule has 0 unspecified atom stereocenters. The molecular weight excluding hydrogens is 402 g/mol. The van der Waals surface area contributed by atoms with Crippen LogP contribution in [0.15, 0.2) is 59.6 Å². The van der Waals surface area contributed by atoms with Crippen LogP contribution in [0.5, 0.6) is 0 Å². The number of aliphatic imine (C=N–C) groups is 1. The summed E-state index contributed by atoms with van der Waals surface area (Å²) < 4.78 is 0. The summed E-state index contributed by atoms with van der Waals surface area (Å²) >= 11 is 1.68. The van der Waals surface area contributed by atoms with Gasteiger partial charge in [0.15, 0.2) is 0 Å². The molecule has 1 aliphatic carbocycles. The van der Waals surface area contributed by atoms with Crippen molar-refractivity contribution in [2.45, 2.75) is 39.2 Å². The fraction of sp³-hybridized carbons (Fsp3) is 0.231. The highest BCUT2D eigenvalue weighted by molar-refractivity contribution is 7.16. The van der Waals surface area contributed by atoms with Crippen LogP contribution >= 0.6 is 11.3 Å². The molecular formula is C26H25N3OS. The summed E-state index contributed by atoms with van der Waals surface area (Å²) in [5, 5.41) is 5.09. The van der Waals surface area contributed by atoms with E-state index in [-0.39, 0.29) is 5.91 Å². The van der Waals surface area contributed by atoms with Crippen LogP contribution in [0.25, 0.3) is 10.9 Å². The Balaban J connectivity index is 1.48. The van der Waals surface area contributed by atoms with Crippen LogP contribution in [-0.4, -0.2) is 17.1 Å². The number of carbonyl (C=O) groups excluding carboxylic acids is 1. The van der Waals surface area contributed by atoms with Gasteiger partial charge in [0.2, 0.25) is 0 Å². The Morgan fingerprint density at radius 2 is 1.87 bits per heavy atom. The largest absolute Gasteiger partial charge is 0.358 e. The summed E-state index contributed by atoms with van der Waals surface area (Å²) in [4.78, 5) is 22.8. The maximum absolute atomic E-state index is 13.2. The minimum Gasteiger partial charge on any atom is -0.358 e. The third-order valence-corrected chi connectivity index (χ3v) is 7.13. The number of fused-ring (bicyclic) bond motifs is 2. The lowest BCUT2D eigenvalue weighted by atomic mass is 9.95. The van der Waals surface area contributed by atoms with Crippen LogP contribution in [0.4, 0.5) is 5.00 Å². The van der Waals surface area contributed by atoms with E-state index in [0.29, 0.717) is 6.54 Å². The van der Waals surface area contributed by atoms with Gasteiger partial charge in [-0.2, -0.15) is 0 Å². The van der Waals surface area contributed by atoms with Gasteiger partial charge in [-0.1, -0.05) is 48.5 Å². The number of H-pyrrole nitrogens is 1. The summed E-state index contributed by atoms with van der Waals surface area (Å²) in [6.07, 6.45) is 6.23. The molecule has 0 bridgehead atoms. The molecule has 0 aliphatic heterocycles. The minimum atomic E-state index is -0.0222. The number of carbonyl (C=O) groups is 1. The average molecular weight is 428 g/mol. The van der Waals surface area contributed by atoms with Crippen LogP contribution in [-0.2, 0) is 19.4 Å². The molecule has 0 radical (unpaired) electrons. The van der Waals surface area contributed by atoms with E-state index >= 15 is 0 Å². The van der Waals surface area contributed by atoms with Crippen LogP contribution in [0.2, 0.25) is 0 Å². The molecule has 5 rings (SSSR count). The molecule has 0 fully saturated rings. The SMILES string of the molecule is Cc1[nH]c2ccccc2c1/C=N\c1sc2c(c1C(=O)NCc1ccccc1)CCCC2. The first kappa shape index (κ1) is 19.8. The lowest BCUT2D eigenvalue weighted by Crippen LogP contribution is -2.24. The van der Waals surface area contributed by atoms with E-state index in [0.717, 1.165) is 57.6 Å². The second-order valence-electron chi connectivity index (χ2n) is 8.03. The van der Waals surface area contributed by atoms with Gasteiger partial charge in [0.05, 0.1) is 5.56 Å². The van der Waals surface area contributed by atoms with Gasteiger partial charge in [-0.3, -0.25) is 4.79 Å². The molecule has 1 amide bonds. The van der Waals surface area contributed by atoms with Gasteiger partial charge in [-0.15, -0.1) is 11.3 Å². The number of para-hydroxylation sites is 1. The lowest BCUT2D eigenvalue weighted by molar-refractivity contribution is 0.0951. The molecule has 4 aromatic rings. The van der Waals surface area contributed by atoms with Crippen molar-refractivity contribution in [3.05, 3.63) is 87.4 Å². The van der Waals surface area contributed by atoms with Gasteiger partial charge in [-0.05, 0) is 49.8 Å². The first-order valence-electron chi connectivity index (χ1n) is 10.8. The van der Waals surface area contributed by atoms with Gasteiger partial charge in [-0.25, -0.2) is 4.99 Å². The number of benzene rings is 2. The minimum absolute atomic E-state index is 0.0222. The number of hydrogen-bond acceptors (Lipinski definition) is 3. The van der Waals surface area contributed by atoms with E-state index in [1.807, 2.05) is 48.7 Å². The van der Waals surface area contributed by atoms with E-state index in [1.54, 1.807) is 11.3 Å². The summed E-state index contributed by atoms with van der Waals surface area (Å²) in [6, 6.07) is 18.3. The van der Waals surface area contributed by atoms with Crippen molar-refractivity contribution in [2.24, 2.45) is 4.99 Å². The summed E-state index contributed by atoms with van der Waals surface area (Å²) in [5.41, 5.74) is 6.33. The van der Waals surface area contributed by atoms with Crippen molar-refractivity contribution < 1.29 is 4.79 Å². The zero-order valence-corrected chi connectivity index (χ0v) is 18.4. The highest BCUT2D eigenvalue weighted by Crippen LogP contribution is 2.40. The Labute approximate surface area is 186 Å². The second-order valence-corrected chi connectivity index (χ2v) is 9.11. The number of nitrogens with zero attached hydrogens (tertiary/aromatic N) is 1. The van der Waals surface area contributed by atoms with E-state index in [9.17, 15) is 4.79 Å². The zero-order chi connectivity index (χ0) is 21.2. The van der Waals surface area contributed by atoms with E-state index < -0.39 is 0 Å². The van der Waals surface area contributed by atoms with Gasteiger partial charge < -0.3 is 10.3 Å². The molecule has 2 heterocycles.